The van der Waals surface area contributed by atoms with Crippen LogP contribution in [-0.4, -0.2) is 36.2 Å². The Bertz CT molecular complexity index is 685. The minimum Gasteiger partial charge on any atom is -0.481 e. The van der Waals surface area contributed by atoms with Crippen molar-refractivity contribution in [2.45, 2.75) is 135 Å². The van der Waals surface area contributed by atoms with E-state index < -0.39 is 14.3 Å². The molecule has 33 heavy (non-hydrogen) atoms. The lowest BCUT2D eigenvalue weighted by atomic mass is 9.75. The largest absolute Gasteiger partial charge is 0.481 e. The first-order valence-electron chi connectivity index (χ1n) is 13.3. The highest BCUT2D eigenvalue weighted by Gasteiger charge is 2.46. The Morgan fingerprint density at radius 1 is 1.15 bits per heavy atom. The van der Waals surface area contributed by atoms with Crippen LogP contribution in [0.25, 0.3) is 0 Å². The number of carboxylic acids is 1. The number of carboxylic acid groups (broad SMARTS) is 1. The number of carbonyl (C=O) groups is 1. The maximum Gasteiger partial charge on any atom is 0.303 e. The molecule has 1 saturated carbocycles. The molecule has 4 nitrogen and oxygen atoms in total. The Morgan fingerprint density at radius 2 is 1.82 bits per heavy atom. The molecule has 0 aromatic carbocycles. The Balaban J connectivity index is 2.03. The summed E-state index contributed by atoms with van der Waals surface area (Å²) in [5, 5.41) is 19.6. The highest BCUT2D eigenvalue weighted by molar-refractivity contribution is 6.74. The summed E-state index contributed by atoms with van der Waals surface area (Å²) in [5.74, 6) is 0.0739. The zero-order valence-corrected chi connectivity index (χ0v) is 23.2. The molecular formula is C28H50O4Si. The molecule has 2 aliphatic carbocycles. The normalized spacial score (nSPS) is 24.8. The average molecular weight is 479 g/mol. The van der Waals surface area contributed by atoms with Crippen molar-refractivity contribution in [3.8, 4) is 0 Å². The van der Waals surface area contributed by atoms with Gasteiger partial charge >= 0.3 is 5.97 Å². The summed E-state index contributed by atoms with van der Waals surface area (Å²) in [5.41, 5.74) is 1.29. The molecule has 0 heterocycles. The molecule has 0 aromatic rings. The van der Waals surface area contributed by atoms with E-state index in [1.807, 2.05) is 0 Å². The number of hydrogen-bond acceptors (Lipinski definition) is 3. The van der Waals surface area contributed by atoms with Gasteiger partial charge in [-0.05, 0) is 82.3 Å². The number of allylic oxidation sites excluding steroid dienone is 2. The second-order valence-corrected chi connectivity index (χ2v) is 16.9. The lowest BCUT2D eigenvalue weighted by molar-refractivity contribution is -0.137. The van der Waals surface area contributed by atoms with E-state index in [9.17, 15) is 9.90 Å². The molecule has 190 valence electrons. The van der Waals surface area contributed by atoms with E-state index in [1.165, 1.54) is 37.7 Å². The van der Waals surface area contributed by atoms with Crippen molar-refractivity contribution in [3.05, 3.63) is 23.8 Å². The summed E-state index contributed by atoms with van der Waals surface area (Å²) in [7, 11) is -1.90. The molecule has 0 saturated heterocycles. The van der Waals surface area contributed by atoms with Crippen molar-refractivity contribution in [1.29, 1.82) is 0 Å². The summed E-state index contributed by atoms with van der Waals surface area (Å²) < 4.78 is 7.18. The van der Waals surface area contributed by atoms with Crippen LogP contribution in [0.1, 0.15) is 105 Å². The van der Waals surface area contributed by atoms with Gasteiger partial charge in [0.25, 0.3) is 0 Å². The van der Waals surface area contributed by atoms with Gasteiger partial charge in [0.2, 0.25) is 0 Å². The van der Waals surface area contributed by atoms with Crippen molar-refractivity contribution >= 4 is 14.3 Å². The van der Waals surface area contributed by atoms with Crippen molar-refractivity contribution in [2.24, 2.45) is 11.8 Å². The first-order chi connectivity index (χ1) is 15.4. The Labute approximate surface area is 204 Å². The Morgan fingerprint density at radius 3 is 2.42 bits per heavy atom. The number of aliphatic hydroxyl groups excluding tert-OH is 1. The molecule has 2 unspecified atom stereocenters. The summed E-state index contributed by atoms with van der Waals surface area (Å²) >= 11 is 0. The van der Waals surface area contributed by atoms with Crippen LogP contribution >= 0.6 is 0 Å². The summed E-state index contributed by atoms with van der Waals surface area (Å²) in [6, 6.07) is 0. The smallest absolute Gasteiger partial charge is 0.303 e. The first kappa shape index (κ1) is 28.3. The van der Waals surface area contributed by atoms with E-state index in [2.05, 4.69) is 59.0 Å². The maximum absolute atomic E-state index is 10.7. The van der Waals surface area contributed by atoms with Gasteiger partial charge in [0.1, 0.15) is 0 Å². The highest BCUT2D eigenvalue weighted by Crippen LogP contribution is 2.46. The van der Waals surface area contributed by atoms with Crippen LogP contribution in [0.4, 0.5) is 0 Å². The quantitative estimate of drug-likeness (QED) is 0.172. The molecule has 0 aliphatic heterocycles. The van der Waals surface area contributed by atoms with Crippen molar-refractivity contribution < 1.29 is 19.4 Å². The fraction of sp³-hybridized carbons (Fsp3) is 0.821. The zero-order valence-electron chi connectivity index (χ0n) is 22.2. The molecular weight excluding hydrogens is 428 g/mol. The van der Waals surface area contributed by atoms with Crippen LogP contribution in [0.15, 0.2) is 23.8 Å². The van der Waals surface area contributed by atoms with E-state index in [0.29, 0.717) is 12.3 Å². The first-order valence-corrected chi connectivity index (χ1v) is 16.2. The third-order valence-electron chi connectivity index (χ3n) is 8.55. The molecule has 0 amide bonds. The molecule has 1 fully saturated rings. The fourth-order valence-electron chi connectivity index (χ4n) is 5.34. The predicted molar refractivity (Wildman–Crippen MR) is 140 cm³/mol. The fourth-order valence-corrected chi connectivity index (χ4v) is 7.08. The van der Waals surface area contributed by atoms with Crippen LogP contribution in [0.3, 0.4) is 0 Å². The molecule has 0 bridgehead atoms. The van der Waals surface area contributed by atoms with Gasteiger partial charge in [0.05, 0.1) is 11.7 Å². The van der Waals surface area contributed by atoms with Gasteiger partial charge in [-0.15, -0.1) is 0 Å². The summed E-state index contributed by atoms with van der Waals surface area (Å²) in [4.78, 5) is 10.7. The molecule has 5 heteroatoms. The van der Waals surface area contributed by atoms with Gasteiger partial charge in [-0.1, -0.05) is 63.8 Å². The number of hydrogen-bond donors (Lipinski definition) is 2. The zero-order chi connectivity index (χ0) is 24.7. The Hall–Kier alpha value is -0.913. The van der Waals surface area contributed by atoms with Crippen LogP contribution in [0, 0.1) is 11.8 Å². The Kier molecular flexibility index (Phi) is 10.4. The van der Waals surface area contributed by atoms with Gasteiger partial charge in [-0.25, -0.2) is 0 Å². The maximum atomic E-state index is 10.7. The van der Waals surface area contributed by atoms with Crippen molar-refractivity contribution in [2.75, 3.05) is 0 Å². The molecule has 2 N–H and O–H groups in total. The van der Waals surface area contributed by atoms with E-state index in [-0.39, 0.29) is 29.1 Å². The standard InChI is InChI=1S/C28H50O4Si/c1-27(2,3)33(5,6)32-28(4,23-14-10-9-11-15-23)21-20-22-18-19-25(29)24(22)16-12-7-8-13-17-26(30)31/h7,12,18,23-25,29H,8-11,13-17,19-21H2,1-6H3,(H,30,31)/b12-7-/t24-,25?,28?/m1/s1. The van der Waals surface area contributed by atoms with Gasteiger partial charge in [-0.2, -0.15) is 0 Å². The lowest BCUT2D eigenvalue weighted by Crippen LogP contribution is -2.52. The predicted octanol–water partition coefficient (Wildman–Crippen LogP) is 7.64. The monoisotopic (exact) mass is 478 g/mol. The number of aliphatic hydroxyl groups is 1. The average Bonchev–Trinajstić information content (AvgIpc) is 3.08. The second-order valence-electron chi connectivity index (χ2n) is 12.2. The number of unbranched alkanes of at least 4 members (excludes halogenated alkanes) is 1. The van der Waals surface area contributed by atoms with E-state index in [1.54, 1.807) is 0 Å². The van der Waals surface area contributed by atoms with Gasteiger partial charge in [-0.3, -0.25) is 4.79 Å². The third kappa shape index (κ3) is 8.36. The molecule has 3 atom stereocenters. The van der Waals surface area contributed by atoms with Gasteiger partial charge in [0.15, 0.2) is 8.32 Å². The van der Waals surface area contributed by atoms with Crippen molar-refractivity contribution in [3.63, 3.8) is 0 Å². The van der Waals surface area contributed by atoms with Crippen molar-refractivity contribution in [1.82, 2.24) is 0 Å². The number of aliphatic carboxylic acids is 1. The minimum absolute atomic E-state index is 0.102. The molecule has 2 aliphatic rings. The van der Waals surface area contributed by atoms with E-state index in [4.69, 9.17) is 9.53 Å². The molecule has 0 radical (unpaired) electrons. The topological polar surface area (TPSA) is 66.8 Å². The van der Waals surface area contributed by atoms with E-state index >= 15 is 0 Å². The molecule has 2 rings (SSSR count). The summed E-state index contributed by atoms with van der Waals surface area (Å²) in [6.45, 7) is 14.1. The van der Waals surface area contributed by atoms with Gasteiger partial charge < -0.3 is 14.6 Å². The SMILES string of the molecule is CC(CCC1=CCC(O)[C@@H]1C/C=C\CCCC(=O)O)(O[Si](C)(C)C(C)(C)C)C1CCCCC1. The van der Waals surface area contributed by atoms with Crippen LogP contribution in [0.5, 0.6) is 0 Å². The van der Waals surface area contributed by atoms with Crippen LogP contribution < -0.4 is 0 Å². The molecule has 0 aromatic heterocycles. The number of rotatable bonds is 12. The summed E-state index contributed by atoms with van der Waals surface area (Å²) in [6.07, 6.45) is 18.0. The van der Waals surface area contributed by atoms with Crippen LogP contribution in [-0.2, 0) is 9.22 Å². The van der Waals surface area contributed by atoms with Crippen LogP contribution in [0.2, 0.25) is 18.1 Å². The van der Waals surface area contributed by atoms with E-state index in [0.717, 1.165) is 32.1 Å². The molecule has 0 spiro atoms. The van der Waals surface area contributed by atoms with Gasteiger partial charge in [0, 0.05) is 12.3 Å². The lowest BCUT2D eigenvalue weighted by Gasteiger charge is -2.49. The second kappa shape index (κ2) is 12.2. The highest BCUT2D eigenvalue weighted by atomic mass is 28.4. The minimum atomic E-state index is -1.90. The third-order valence-corrected chi connectivity index (χ3v) is 13.1.